The molecule has 0 aliphatic heterocycles. The number of hydrogen-bond donors (Lipinski definition) is 1. The molecule has 0 unspecified atom stereocenters. The van der Waals surface area contributed by atoms with Crippen LogP contribution in [-0.2, 0) is 4.74 Å². The first kappa shape index (κ1) is 6.92. The van der Waals surface area contributed by atoms with Crippen LogP contribution < -0.4 is 5.73 Å². The fraction of sp³-hybridized carbons (Fsp3) is 1.00. The zero-order valence-electron chi connectivity index (χ0n) is 4.98. The van der Waals surface area contributed by atoms with Gasteiger partial charge in [0.15, 0.2) is 0 Å². The molecular weight excluding hydrogens is 90.1 g/mol. The number of hydrogen-bond acceptors (Lipinski definition) is 2. The molecule has 44 valence electrons. The molecular formula is C5H13NO. The fourth-order valence-electron chi connectivity index (χ4n) is 0.304. The Hall–Kier alpha value is -0.0800. The van der Waals surface area contributed by atoms with E-state index in [9.17, 15) is 0 Å². The molecule has 0 aromatic rings. The maximum absolute atomic E-state index is 5.35. The molecule has 0 radical (unpaired) electrons. The van der Waals surface area contributed by atoms with Crippen LogP contribution in [0.3, 0.4) is 0 Å². The van der Waals surface area contributed by atoms with Gasteiger partial charge in [-0.3, -0.25) is 0 Å². The van der Waals surface area contributed by atoms with Gasteiger partial charge in [-0.05, 0) is 13.8 Å². The molecule has 0 saturated heterocycles. The van der Waals surface area contributed by atoms with Crippen molar-refractivity contribution in [3.05, 3.63) is 0 Å². The van der Waals surface area contributed by atoms with Gasteiger partial charge in [0.2, 0.25) is 0 Å². The van der Waals surface area contributed by atoms with E-state index in [1.807, 2.05) is 13.8 Å². The van der Waals surface area contributed by atoms with Gasteiger partial charge in [0, 0.05) is 12.6 Å². The predicted octanol–water partition coefficient (Wildman–Crippen LogP) is 0.370. The van der Waals surface area contributed by atoms with Crippen LogP contribution in [0, 0.1) is 0 Å². The lowest BCUT2D eigenvalue weighted by atomic mass is 10.4. The summed E-state index contributed by atoms with van der Waals surface area (Å²) in [5.41, 5.74) is 5.35. The van der Waals surface area contributed by atoms with Gasteiger partial charge in [-0.15, -0.1) is 0 Å². The monoisotopic (exact) mass is 103 g/mol. The highest BCUT2D eigenvalue weighted by Crippen LogP contribution is 1.76. The van der Waals surface area contributed by atoms with Crippen LogP contribution in [0.2, 0.25) is 0 Å². The van der Waals surface area contributed by atoms with E-state index in [2.05, 4.69) is 0 Å². The smallest absolute Gasteiger partial charge is 0.0614 e. The normalized spacial score (nSPS) is 14.1. The Morgan fingerprint density at radius 1 is 1.71 bits per heavy atom. The van der Waals surface area contributed by atoms with Crippen molar-refractivity contribution in [3.63, 3.8) is 0 Å². The largest absolute Gasteiger partial charge is 0.380 e. The minimum absolute atomic E-state index is 0.181. The Kier molecular flexibility index (Phi) is 4.04. The van der Waals surface area contributed by atoms with E-state index in [4.69, 9.17) is 10.5 Å². The van der Waals surface area contributed by atoms with Crippen molar-refractivity contribution in [1.29, 1.82) is 0 Å². The third kappa shape index (κ3) is 5.92. The van der Waals surface area contributed by atoms with E-state index >= 15 is 0 Å². The van der Waals surface area contributed by atoms with E-state index in [0.717, 1.165) is 6.61 Å². The molecule has 1 atom stereocenters. The van der Waals surface area contributed by atoms with Gasteiger partial charge in [0.05, 0.1) is 6.61 Å². The lowest BCUT2D eigenvalue weighted by molar-refractivity contribution is 0.137. The van der Waals surface area contributed by atoms with Gasteiger partial charge in [0.1, 0.15) is 0 Å². The second-order valence-electron chi connectivity index (χ2n) is 1.64. The SMILES string of the molecule is CCOC[C@@H](C)N. The minimum atomic E-state index is 0.181. The molecule has 2 heteroatoms. The summed E-state index contributed by atoms with van der Waals surface area (Å²) in [7, 11) is 0. The van der Waals surface area contributed by atoms with Crippen molar-refractivity contribution in [3.8, 4) is 0 Å². The molecule has 0 aromatic carbocycles. The quantitative estimate of drug-likeness (QED) is 0.560. The summed E-state index contributed by atoms with van der Waals surface area (Å²) in [5, 5.41) is 0. The molecule has 0 bridgehead atoms. The maximum atomic E-state index is 5.35. The van der Waals surface area contributed by atoms with Crippen molar-refractivity contribution < 1.29 is 4.74 Å². The average Bonchev–Trinajstić information content (AvgIpc) is 1.61. The van der Waals surface area contributed by atoms with E-state index in [1.54, 1.807) is 0 Å². The maximum Gasteiger partial charge on any atom is 0.0614 e. The summed E-state index contributed by atoms with van der Waals surface area (Å²) >= 11 is 0. The summed E-state index contributed by atoms with van der Waals surface area (Å²) < 4.78 is 4.97. The van der Waals surface area contributed by atoms with Crippen LogP contribution >= 0.6 is 0 Å². The second kappa shape index (κ2) is 4.09. The van der Waals surface area contributed by atoms with Gasteiger partial charge < -0.3 is 10.5 Å². The summed E-state index contributed by atoms with van der Waals surface area (Å²) in [4.78, 5) is 0. The molecule has 0 heterocycles. The summed E-state index contributed by atoms with van der Waals surface area (Å²) in [6.45, 7) is 5.33. The predicted molar refractivity (Wildman–Crippen MR) is 30.1 cm³/mol. The van der Waals surface area contributed by atoms with E-state index in [1.165, 1.54) is 0 Å². The topological polar surface area (TPSA) is 35.2 Å². The van der Waals surface area contributed by atoms with Gasteiger partial charge in [-0.2, -0.15) is 0 Å². The lowest BCUT2D eigenvalue weighted by Crippen LogP contribution is -2.21. The zero-order valence-corrected chi connectivity index (χ0v) is 4.98. The molecule has 2 N–H and O–H groups in total. The third-order valence-corrected chi connectivity index (χ3v) is 0.585. The average molecular weight is 103 g/mol. The van der Waals surface area contributed by atoms with Gasteiger partial charge in [-0.1, -0.05) is 0 Å². The molecule has 0 spiro atoms. The van der Waals surface area contributed by atoms with Crippen molar-refractivity contribution >= 4 is 0 Å². The van der Waals surface area contributed by atoms with Crippen LogP contribution in [0.25, 0.3) is 0 Å². The first-order valence-electron chi connectivity index (χ1n) is 2.60. The van der Waals surface area contributed by atoms with Crippen LogP contribution in [-0.4, -0.2) is 19.3 Å². The number of nitrogens with two attached hydrogens (primary N) is 1. The van der Waals surface area contributed by atoms with Gasteiger partial charge in [0.25, 0.3) is 0 Å². The van der Waals surface area contributed by atoms with Crippen molar-refractivity contribution in [2.45, 2.75) is 19.9 Å². The molecule has 2 nitrogen and oxygen atoms in total. The second-order valence-corrected chi connectivity index (χ2v) is 1.64. The lowest BCUT2D eigenvalue weighted by Gasteiger charge is -2.01. The van der Waals surface area contributed by atoms with Crippen molar-refractivity contribution in [2.24, 2.45) is 5.73 Å². The molecule has 0 aromatic heterocycles. The zero-order chi connectivity index (χ0) is 5.70. The minimum Gasteiger partial charge on any atom is -0.380 e. The Bertz CT molecular complexity index is 37.1. The third-order valence-electron chi connectivity index (χ3n) is 0.585. The fourth-order valence-corrected chi connectivity index (χ4v) is 0.304. The highest BCUT2D eigenvalue weighted by Gasteiger charge is 1.88. The molecule has 7 heavy (non-hydrogen) atoms. The van der Waals surface area contributed by atoms with Gasteiger partial charge >= 0.3 is 0 Å². The molecule has 0 rings (SSSR count). The highest BCUT2D eigenvalue weighted by atomic mass is 16.5. The van der Waals surface area contributed by atoms with Crippen molar-refractivity contribution in [2.75, 3.05) is 13.2 Å². The van der Waals surface area contributed by atoms with Crippen molar-refractivity contribution in [1.82, 2.24) is 0 Å². The molecule has 0 aliphatic carbocycles. The molecule has 0 saturated carbocycles. The van der Waals surface area contributed by atoms with Gasteiger partial charge in [-0.25, -0.2) is 0 Å². The highest BCUT2D eigenvalue weighted by molar-refractivity contribution is 4.46. The first-order chi connectivity index (χ1) is 3.27. The Morgan fingerprint density at radius 3 is 2.43 bits per heavy atom. The molecule has 0 aliphatic rings. The van der Waals surface area contributed by atoms with Crippen LogP contribution in [0.4, 0.5) is 0 Å². The summed E-state index contributed by atoms with van der Waals surface area (Å²) in [5.74, 6) is 0. The van der Waals surface area contributed by atoms with Crippen LogP contribution in [0.15, 0.2) is 0 Å². The Labute approximate surface area is 44.7 Å². The Balaban J connectivity index is 2.68. The summed E-state index contributed by atoms with van der Waals surface area (Å²) in [6, 6.07) is 0.181. The van der Waals surface area contributed by atoms with E-state index < -0.39 is 0 Å². The van der Waals surface area contributed by atoms with Crippen LogP contribution in [0.5, 0.6) is 0 Å². The van der Waals surface area contributed by atoms with E-state index in [0.29, 0.717) is 6.61 Å². The Morgan fingerprint density at radius 2 is 2.29 bits per heavy atom. The number of rotatable bonds is 3. The van der Waals surface area contributed by atoms with Crippen LogP contribution in [0.1, 0.15) is 13.8 Å². The summed E-state index contributed by atoms with van der Waals surface area (Å²) in [6.07, 6.45) is 0. The standard InChI is InChI=1S/C5H13NO/c1-3-7-4-5(2)6/h5H,3-4,6H2,1-2H3/t5-/m1/s1. The molecule has 0 fully saturated rings. The first-order valence-corrected chi connectivity index (χ1v) is 2.60. The van der Waals surface area contributed by atoms with E-state index in [-0.39, 0.29) is 6.04 Å². The molecule has 0 amide bonds. The number of ether oxygens (including phenoxy) is 1.